The summed E-state index contributed by atoms with van der Waals surface area (Å²) in [6, 6.07) is 9.99. The number of halogens is 1. The van der Waals surface area contributed by atoms with E-state index in [0.717, 1.165) is 16.3 Å². The van der Waals surface area contributed by atoms with Crippen LogP contribution in [0.2, 0.25) is 0 Å². The summed E-state index contributed by atoms with van der Waals surface area (Å²) in [6.07, 6.45) is 4.93. The number of hydrogen-bond acceptors (Lipinski definition) is 3. The predicted octanol–water partition coefficient (Wildman–Crippen LogP) is 3.18. The Morgan fingerprint density at radius 2 is 1.92 bits per heavy atom. The molecule has 0 aliphatic carbocycles. The third-order valence-corrected chi connectivity index (χ3v) is 3.90. The highest BCUT2D eigenvalue weighted by molar-refractivity contribution is 6.13. The largest absolute Gasteiger partial charge is 0.352 e. The van der Waals surface area contributed by atoms with Crippen molar-refractivity contribution in [2.45, 2.75) is 6.54 Å². The van der Waals surface area contributed by atoms with Gasteiger partial charge in [-0.05, 0) is 42.0 Å². The van der Waals surface area contributed by atoms with E-state index in [9.17, 15) is 9.18 Å². The molecule has 6 heteroatoms. The summed E-state index contributed by atoms with van der Waals surface area (Å²) < 4.78 is 13.4. The van der Waals surface area contributed by atoms with Crippen molar-refractivity contribution in [1.29, 1.82) is 0 Å². The molecular weight excluding hydrogens is 307 g/mol. The van der Waals surface area contributed by atoms with Crippen LogP contribution in [0.3, 0.4) is 0 Å². The van der Waals surface area contributed by atoms with Crippen molar-refractivity contribution in [3.05, 3.63) is 72.1 Å². The molecule has 0 atom stereocenters. The van der Waals surface area contributed by atoms with Crippen molar-refractivity contribution in [2.24, 2.45) is 0 Å². The van der Waals surface area contributed by atoms with Crippen molar-refractivity contribution < 1.29 is 9.18 Å². The van der Waals surface area contributed by atoms with Crippen LogP contribution in [0.4, 0.5) is 4.39 Å². The second kappa shape index (κ2) is 5.73. The summed E-state index contributed by atoms with van der Waals surface area (Å²) in [4.78, 5) is 23.7. The highest BCUT2D eigenvalue weighted by Crippen LogP contribution is 2.27. The Morgan fingerprint density at radius 3 is 2.75 bits per heavy atom. The summed E-state index contributed by atoms with van der Waals surface area (Å²) >= 11 is 0. The van der Waals surface area contributed by atoms with E-state index in [1.54, 1.807) is 24.7 Å². The second-order valence-corrected chi connectivity index (χ2v) is 5.44. The molecule has 0 saturated carbocycles. The summed E-state index contributed by atoms with van der Waals surface area (Å²) in [5.74, 6) is -0.616. The predicted molar refractivity (Wildman–Crippen MR) is 89.0 cm³/mol. The number of hydrogen-bond donors (Lipinski definition) is 2. The van der Waals surface area contributed by atoms with Crippen LogP contribution in [0, 0.1) is 5.82 Å². The molecule has 0 aliphatic rings. The van der Waals surface area contributed by atoms with Gasteiger partial charge in [-0.15, -0.1) is 0 Å². The van der Waals surface area contributed by atoms with Crippen LogP contribution >= 0.6 is 0 Å². The van der Waals surface area contributed by atoms with Crippen molar-refractivity contribution in [2.75, 3.05) is 0 Å². The molecule has 3 aromatic heterocycles. The maximum atomic E-state index is 13.4. The topological polar surface area (TPSA) is 70.7 Å². The first-order valence-corrected chi connectivity index (χ1v) is 7.45. The number of H-pyrrole nitrogens is 1. The van der Waals surface area contributed by atoms with Crippen LogP contribution in [0.1, 0.15) is 16.1 Å². The quantitative estimate of drug-likeness (QED) is 0.609. The number of nitrogens with one attached hydrogen (secondary N) is 2. The first-order valence-electron chi connectivity index (χ1n) is 7.45. The minimum Gasteiger partial charge on any atom is -0.352 e. The Hall–Kier alpha value is -3.28. The molecule has 2 N–H and O–H groups in total. The van der Waals surface area contributed by atoms with Crippen molar-refractivity contribution in [3.8, 4) is 0 Å². The summed E-state index contributed by atoms with van der Waals surface area (Å²) in [5.41, 5.74) is 2.48. The van der Waals surface area contributed by atoms with Crippen LogP contribution in [0.25, 0.3) is 21.8 Å². The lowest BCUT2D eigenvalue weighted by atomic mass is 10.1. The van der Waals surface area contributed by atoms with E-state index in [0.29, 0.717) is 17.6 Å². The molecule has 5 nitrogen and oxygen atoms in total. The fraction of sp³-hybridized carbons (Fsp3) is 0.0556. The smallest absolute Gasteiger partial charge is 0.272 e. The molecule has 0 spiro atoms. The van der Waals surface area contributed by atoms with Gasteiger partial charge in [0.2, 0.25) is 0 Å². The van der Waals surface area contributed by atoms with Gasteiger partial charge >= 0.3 is 0 Å². The van der Waals surface area contributed by atoms with E-state index in [1.807, 2.05) is 18.2 Å². The molecule has 4 aromatic rings. The van der Waals surface area contributed by atoms with Crippen LogP contribution in [0.5, 0.6) is 0 Å². The van der Waals surface area contributed by atoms with Gasteiger partial charge in [0.25, 0.3) is 5.91 Å². The Kier molecular flexibility index (Phi) is 3.42. The van der Waals surface area contributed by atoms with E-state index in [4.69, 9.17) is 0 Å². The summed E-state index contributed by atoms with van der Waals surface area (Å²) in [7, 11) is 0. The highest BCUT2D eigenvalue weighted by atomic mass is 19.1. The molecule has 0 fully saturated rings. The Balaban J connectivity index is 1.71. The maximum absolute atomic E-state index is 13.4. The highest BCUT2D eigenvalue weighted by Gasteiger charge is 2.15. The number of rotatable bonds is 3. The Bertz CT molecular complexity index is 1040. The van der Waals surface area contributed by atoms with E-state index >= 15 is 0 Å². The van der Waals surface area contributed by atoms with E-state index in [2.05, 4.69) is 20.3 Å². The first-order chi connectivity index (χ1) is 11.7. The van der Waals surface area contributed by atoms with Crippen LogP contribution < -0.4 is 5.32 Å². The molecule has 118 valence electrons. The number of aromatic amines is 1. The first kappa shape index (κ1) is 14.3. The molecular formula is C18H13FN4O. The van der Waals surface area contributed by atoms with Gasteiger partial charge in [0.05, 0.1) is 5.52 Å². The summed E-state index contributed by atoms with van der Waals surface area (Å²) in [5, 5.41) is 4.54. The SMILES string of the molecule is O=C(NCc1ccncc1)c1nccc2c1[nH]c1cc(F)ccc12. The summed E-state index contributed by atoms with van der Waals surface area (Å²) in [6.45, 7) is 0.383. The molecule has 3 heterocycles. The van der Waals surface area contributed by atoms with E-state index in [1.165, 1.54) is 12.1 Å². The zero-order valence-electron chi connectivity index (χ0n) is 12.6. The van der Waals surface area contributed by atoms with Gasteiger partial charge in [0.1, 0.15) is 5.82 Å². The zero-order chi connectivity index (χ0) is 16.5. The molecule has 1 amide bonds. The number of aromatic nitrogens is 3. The third-order valence-electron chi connectivity index (χ3n) is 3.90. The molecule has 4 rings (SSSR count). The van der Waals surface area contributed by atoms with Gasteiger partial charge in [-0.25, -0.2) is 9.37 Å². The maximum Gasteiger partial charge on any atom is 0.272 e. The van der Waals surface area contributed by atoms with Gasteiger partial charge in [0.15, 0.2) is 5.69 Å². The fourth-order valence-corrected chi connectivity index (χ4v) is 2.74. The molecule has 0 aliphatic heterocycles. The number of carbonyl (C=O) groups excluding carboxylic acids is 1. The second-order valence-electron chi connectivity index (χ2n) is 5.44. The number of pyridine rings is 2. The lowest BCUT2D eigenvalue weighted by molar-refractivity contribution is 0.0947. The lowest BCUT2D eigenvalue weighted by Crippen LogP contribution is -2.24. The molecule has 0 bridgehead atoms. The molecule has 0 radical (unpaired) electrons. The third kappa shape index (κ3) is 2.48. The number of carbonyl (C=O) groups is 1. The van der Waals surface area contributed by atoms with Crippen LogP contribution in [-0.2, 0) is 6.54 Å². The van der Waals surface area contributed by atoms with Crippen LogP contribution in [-0.4, -0.2) is 20.9 Å². The van der Waals surface area contributed by atoms with Crippen LogP contribution in [0.15, 0.2) is 55.0 Å². The van der Waals surface area contributed by atoms with Gasteiger partial charge in [-0.1, -0.05) is 0 Å². The van der Waals surface area contributed by atoms with Gasteiger partial charge in [-0.2, -0.15) is 0 Å². The monoisotopic (exact) mass is 320 g/mol. The average Bonchev–Trinajstić information content (AvgIpc) is 2.98. The standard InChI is InChI=1S/C18H13FN4O/c19-12-1-2-13-14-5-8-21-17(16(14)23-15(13)9-12)18(24)22-10-11-3-6-20-7-4-11/h1-9,23H,10H2,(H,22,24). The fourth-order valence-electron chi connectivity index (χ4n) is 2.74. The average molecular weight is 320 g/mol. The number of nitrogens with zero attached hydrogens (tertiary/aromatic N) is 2. The van der Waals surface area contributed by atoms with Crippen molar-refractivity contribution in [3.63, 3.8) is 0 Å². The van der Waals surface area contributed by atoms with E-state index < -0.39 is 0 Å². The van der Waals surface area contributed by atoms with Gasteiger partial charge < -0.3 is 10.3 Å². The lowest BCUT2D eigenvalue weighted by Gasteiger charge is -2.05. The molecule has 24 heavy (non-hydrogen) atoms. The Morgan fingerprint density at radius 1 is 1.08 bits per heavy atom. The van der Waals surface area contributed by atoms with Crippen molar-refractivity contribution >= 4 is 27.7 Å². The number of amides is 1. The minimum atomic E-state index is -0.328. The molecule has 0 saturated heterocycles. The minimum absolute atomic E-state index is 0.288. The zero-order valence-corrected chi connectivity index (χ0v) is 12.6. The van der Waals surface area contributed by atoms with Gasteiger partial charge in [0, 0.05) is 41.4 Å². The van der Waals surface area contributed by atoms with Crippen molar-refractivity contribution in [1.82, 2.24) is 20.3 Å². The molecule has 0 unspecified atom stereocenters. The number of benzene rings is 1. The Labute approximate surface area is 136 Å². The van der Waals surface area contributed by atoms with Gasteiger partial charge in [-0.3, -0.25) is 9.78 Å². The molecule has 1 aromatic carbocycles. The van der Waals surface area contributed by atoms with E-state index in [-0.39, 0.29) is 17.4 Å². The normalized spacial score (nSPS) is 11.0. The number of fused-ring (bicyclic) bond motifs is 3.